The molecule has 0 heterocycles. The number of nitrogens with one attached hydrogen (secondary N) is 1. The van der Waals surface area contributed by atoms with Crippen molar-refractivity contribution in [1.82, 2.24) is 5.32 Å². The fraction of sp³-hybridized carbons (Fsp3) is 0.562. The lowest BCUT2D eigenvalue weighted by Crippen LogP contribution is -2.34. The van der Waals surface area contributed by atoms with Crippen molar-refractivity contribution < 1.29 is 9.47 Å². The zero-order valence-electron chi connectivity index (χ0n) is 13.3. The molecule has 0 aliphatic heterocycles. The van der Waals surface area contributed by atoms with Gasteiger partial charge in [0.1, 0.15) is 0 Å². The van der Waals surface area contributed by atoms with Crippen molar-refractivity contribution in [2.75, 3.05) is 27.3 Å². The number of rotatable bonds is 7. The van der Waals surface area contributed by atoms with Crippen molar-refractivity contribution in [3.63, 3.8) is 0 Å². The van der Waals surface area contributed by atoms with Gasteiger partial charge >= 0.3 is 0 Å². The summed E-state index contributed by atoms with van der Waals surface area (Å²) in [7, 11) is 3.28. The molecule has 22 heavy (non-hydrogen) atoms. The van der Waals surface area contributed by atoms with E-state index in [1.807, 2.05) is 18.2 Å². The molecule has 124 valence electrons. The van der Waals surface area contributed by atoms with Crippen LogP contribution < -0.4 is 20.5 Å². The molecule has 1 aromatic carbocycles. The number of nitrogens with two attached hydrogens (primary N) is 1. The van der Waals surface area contributed by atoms with Gasteiger partial charge in [-0.15, -0.1) is 24.0 Å². The largest absolute Gasteiger partial charge is 0.493 e. The molecule has 1 saturated carbocycles. The van der Waals surface area contributed by atoms with Crippen LogP contribution in [0.5, 0.6) is 11.5 Å². The molecule has 0 spiro atoms. The van der Waals surface area contributed by atoms with Crippen molar-refractivity contribution in [2.24, 2.45) is 16.6 Å². The van der Waals surface area contributed by atoms with Crippen molar-refractivity contribution >= 4 is 29.9 Å². The SMILES string of the molecule is COc1ccc(CCNC(N)=NCC2CCC2)cc1OC.I. The molecule has 0 bridgehead atoms. The van der Waals surface area contributed by atoms with Crippen LogP contribution in [0.15, 0.2) is 23.2 Å². The van der Waals surface area contributed by atoms with Crippen molar-refractivity contribution in [3.05, 3.63) is 23.8 Å². The average Bonchev–Trinajstić information content (AvgIpc) is 2.45. The lowest BCUT2D eigenvalue weighted by atomic mass is 9.86. The van der Waals surface area contributed by atoms with E-state index in [9.17, 15) is 0 Å². The first-order valence-corrected chi connectivity index (χ1v) is 7.47. The highest BCUT2D eigenvalue weighted by Crippen LogP contribution is 2.27. The standard InChI is InChI=1S/C16H25N3O2.HI/c1-20-14-7-6-12(10-15(14)21-2)8-9-18-16(17)19-11-13-4-3-5-13;/h6-7,10,13H,3-5,8-9,11H2,1-2H3,(H3,17,18,19);1H. The van der Waals surface area contributed by atoms with Gasteiger partial charge in [-0.05, 0) is 42.9 Å². The molecule has 5 nitrogen and oxygen atoms in total. The third kappa shape index (κ3) is 5.55. The first kappa shape index (κ1) is 18.9. The van der Waals surface area contributed by atoms with Crippen LogP contribution in [0, 0.1) is 5.92 Å². The summed E-state index contributed by atoms with van der Waals surface area (Å²) in [5.41, 5.74) is 7.03. The summed E-state index contributed by atoms with van der Waals surface area (Å²) in [5, 5.41) is 3.16. The number of guanidine groups is 1. The first-order chi connectivity index (χ1) is 10.2. The number of nitrogens with zero attached hydrogens (tertiary/aromatic N) is 1. The summed E-state index contributed by atoms with van der Waals surface area (Å²) in [6.07, 6.45) is 4.79. The van der Waals surface area contributed by atoms with E-state index in [1.165, 1.54) is 24.8 Å². The second-order valence-electron chi connectivity index (χ2n) is 5.39. The molecule has 0 radical (unpaired) electrons. The molecule has 0 amide bonds. The van der Waals surface area contributed by atoms with Gasteiger partial charge in [0.25, 0.3) is 0 Å². The summed E-state index contributed by atoms with van der Waals surface area (Å²) < 4.78 is 10.5. The molecular formula is C16H26IN3O2. The van der Waals surface area contributed by atoms with Gasteiger partial charge in [0.15, 0.2) is 17.5 Å². The van der Waals surface area contributed by atoms with Crippen LogP contribution in [-0.2, 0) is 6.42 Å². The summed E-state index contributed by atoms with van der Waals surface area (Å²) in [6, 6.07) is 5.94. The smallest absolute Gasteiger partial charge is 0.188 e. The molecule has 1 aliphatic carbocycles. The van der Waals surface area contributed by atoms with Crippen LogP contribution in [0.2, 0.25) is 0 Å². The fourth-order valence-electron chi connectivity index (χ4n) is 2.33. The predicted octanol–water partition coefficient (Wildman–Crippen LogP) is 2.57. The van der Waals surface area contributed by atoms with Gasteiger partial charge in [-0.2, -0.15) is 0 Å². The zero-order chi connectivity index (χ0) is 15.1. The predicted molar refractivity (Wildman–Crippen MR) is 100 cm³/mol. The van der Waals surface area contributed by atoms with Gasteiger partial charge in [-0.1, -0.05) is 12.5 Å². The van der Waals surface area contributed by atoms with Crippen LogP contribution in [0.3, 0.4) is 0 Å². The fourth-order valence-corrected chi connectivity index (χ4v) is 2.33. The molecule has 1 aliphatic rings. The Morgan fingerprint density at radius 1 is 1.27 bits per heavy atom. The molecule has 6 heteroatoms. The molecule has 2 rings (SSSR count). The summed E-state index contributed by atoms with van der Waals surface area (Å²) in [6.45, 7) is 1.62. The number of hydrogen-bond acceptors (Lipinski definition) is 3. The second-order valence-corrected chi connectivity index (χ2v) is 5.39. The van der Waals surface area contributed by atoms with E-state index in [0.29, 0.717) is 5.96 Å². The lowest BCUT2D eigenvalue weighted by Gasteiger charge is -2.23. The highest BCUT2D eigenvalue weighted by Gasteiger charge is 2.16. The molecule has 1 fully saturated rings. The number of halogens is 1. The van der Waals surface area contributed by atoms with E-state index in [2.05, 4.69) is 10.3 Å². The van der Waals surface area contributed by atoms with Gasteiger partial charge in [0.05, 0.1) is 14.2 Å². The van der Waals surface area contributed by atoms with Crippen molar-refractivity contribution in [3.8, 4) is 11.5 Å². The van der Waals surface area contributed by atoms with Crippen LogP contribution in [-0.4, -0.2) is 33.3 Å². The Morgan fingerprint density at radius 2 is 2.00 bits per heavy atom. The Morgan fingerprint density at radius 3 is 2.59 bits per heavy atom. The Labute approximate surface area is 149 Å². The molecule has 0 unspecified atom stereocenters. The Hall–Kier alpha value is -1.18. The van der Waals surface area contributed by atoms with E-state index in [0.717, 1.165) is 36.9 Å². The maximum absolute atomic E-state index is 5.86. The molecular weight excluding hydrogens is 393 g/mol. The second kappa shape index (κ2) is 9.76. The molecule has 0 atom stereocenters. The summed E-state index contributed by atoms with van der Waals surface area (Å²) >= 11 is 0. The van der Waals surface area contributed by atoms with Crippen molar-refractivity contribution in [1.29, 1.82) is 0 Å². The monoisotopic (exact) mass is 419 g/mol. The normalized spacial score (nSPS) is 14.7. The highest BCUT2D eigenvalue weighted by molar-refractivity contribution is 14.0. The minimum absolute atomic E-state index is 0. The quantitative estimate of drug-likeness (QED) is 0.405. The number of methoxy groups -OCH3 is 2. The van der Waals surface area contributed by atoms with Gasteiger partial charge in [-0.25, -0.2) is 0 Å². The van der Waals surface area contributed by atoms with E-state index in [4.69, 9.17) is 15.2 Å². The van der Waals surface area contributed by atoms with E-state index >= 15 is 0 Å². The van der Waals surface area contributed by atoms with Gasteiger partial charge in [-0.3, -0.25) is 4.99 Å². The lowest BCUT2D eigenvalue weighted by molar-refractivity contribution is 0.326. The third-order valence-corrected chi connectivity index (χ3v) is 3.91. The molecule has 1 aromatic rings. The highest BCUT2D eigenvalue weighted by atomic mass is 127. The average molecular weight is 419 g/mol. The summed E-state index contributed by atoms with van der Waals surface area (Å²) in [5.74, 6) is 2.79. The Kier molecular flexibility index (Phi) is 8.37. The Balaban J connectivity index is 0.00000242. The number of hydrogen-bond donors (Lipinski definition) is 2. The van der Waals surface area contributed by atoms with Gasteiger partial charge in [0, 0.05) is 13.1 Å². The maximum Gasteiger partial charge on any atom is 0.188 e. The molecule has 3 N–H and O–H groups in total. The van der Waals surface area contributed by atoms with Crippen molar-refractivity contribution in [2.45, 2.75) is 25.7 Å². The number of aliphatic imine (C=N–C) groups is 1. The Bertz CT molecular complexity index is 490. The van der Waals surface area contributed by atoms with Crippen LogP contribution >= 0.6 is 24.0 Å². The van der Waals surface area contributed by atoms with E-state index < -0.39 is 0 Å². The summed E-state index contributed by atoms with van der Waals surface area (Å²) in [4.78, 5) is 4.38. The molecule has 0 saturated heterocycles. The van der Waals surface area contributed by atoms with Crippen LogP contribution in [0.4, 0.5) is 0 Å². The zero-order valence-corrected chi connectivity index (χ0v) is 15.6. The van der Waals surface area contributed by atoms with E-state index in [-0.39, 0.29) is 24.0 Å². The van der Waals surface area contributed by atoms with E-state index in [1.54, 1.807) is 14.2 Å². The third-order valence-electron chi connectivity index (χ3n) is 3.91. The van der Waals surface area contributed by atoms with Crippen LogP contribution in [0.25, 0.3) is 0 Å². The first-order valence-electron chi connectivity index (χ1n) is 7.47. The van der Waals surface area contributed by atoms with Gasteiger partial charge in [0.2, 0.25) is 0 Å². The maximum atomic E-state index is 5.86. The number of benzene rings is 1. The number of ether oxygens (including phenoxy) is 2. The minimum atomic E-state index is 0. The minimum Gasteiger partial charge on any atom is -0.493 e. The topological polar surface area (TPSA) is 68.9 Å². The van der Waals surface area contributed by atoms with Crippen LogP contribution in [0.1, 0.15) is 24.8 Å². The van der Waals surface area contributed by atoms with Gasteiger partial charge < -0.3 is 20.5 Å². The molecule has 0 aromatic heterocycles.